The number of carbonyl (C=O) groups excluding carboxylic acids is 1. The molecule has 0 heterocycles. The molecule has 2 aromatic carbocycles. The van der Waals surface area contributed by atoms with Crippen molar-refractivity contribution in [2.75, 3.05) is 11.6 Å². The number of benzene rings is 2. The van der Waals surface area contributed by atoms with E-state index in [2.05, 4.69) is 5.32 Å². The Morgan fingerprint density at radius 2 is 1.68 bits per heavy atom. The number of fused-ring (bicyclic) bond motifs is 1. The van der Waals surface area contributed by atoms with Gasteiger partial charge in [-0.15, -0.1) is 0 Å². The van der Waals surface area contributed by atoms with Gasteiger partial charge in [-0.05, 0) is 55.8 Å². The molecule has 22 heavy (non-hydrogen) atoms. The van der Waals surface area contributed by atoms with Crippen LogP contribution in [0.5, 0.6) is 0 Å². The molecular formula is C16H19NO4S. The lowest BCUT2D eigenvalue weighted by molar-refractivity contribution is 0.0636. The number of hydrogen-bond donors (Lipinski definition) is 1. The molecule has 6 heteroatoms. The maximum atomic E-state index is 11.8. The third-order valence-electron chi connectivity index (χ3n) is 2.89. The van der Waals surface area contributed by atoms with E-state index >= 15 is 0 Å². The van der Waals surface area contributed by atoms with Gasteiger partial charge in [-0.1, -0.05) is 12.1 Å². The number of anilines is 1. The predicted molar refractivity (Wildman–Crippen MR) is 86.9 cm³/mol. The molecule has 0 fully saturated rings. The van der Waals surface area contributed by atoms with Crippen molar-refractivity contribution in [2.24, 2.45) is 0 Å². The number of hydrogen-bond acceptors (Lipinski definition) is 4. The number of sulfone groups is 1. The van der Waals surface area contributed by atoms with Crippen molar-refractivity contribution in [3.63, 3.8) is 0 Å². The molecular weight excluding hydrogens is 302 g/mol. The van der Waals surface area contributed by atoms with Crippen LogP contribution in [0.3, 0.4) is 0 Å². The molecule has 0 bridgehead atoms. The quantitative estimate of drug-likeness (QED) is 0.917. The van der Waals surface area contributed by atoms with Gasteiger partial charge in [0.25, 0.3) is 0 Å². The van der Waals surface area contributed by atoms with Gasteiger partial charge in [-0.25, -0.2) is 13.2 Å². The van der Waals surface area contributed by atoms with Crippen molar-refractivity contribution in [3.05, 3.63) is 36.4 Å². The molecule has 5 nitrogen and oxygen atoms in total. The average Bonchev–Trinajstić information content (AvgIpc) is 2.34. The SMILES string of the molecule is CC(C)(C)OC(=O)Nc1ccc2ccc(S(C)(=O)=O)cc2c1. The van der Waals surface area contributed by atoms with Crippen LogP contribution in [-0.2, 0) is 14.6 Å². The second-order valence-corrected chi connectivity index (χ2v) is 8.14. The Bertz CT molecular complexity index is 820. The van der Waals surface area contributed by atoms with Crippen molar-refractivity contribution in [3.8, 4) is 0 Å². The highest BCUT2D eigenvalue weighted by Crippen LogP contribution is 2.23. The molecule has 1 N–H and O–H groups in total. The minimum absolute atomic E-state index is 0.245. The van der Waals surface area contributed by atoms with Crippen molar-refractivity contribution in [1.82, 2.24) is 0 Å². The Kier molecular flexibility index (Phi) is 4.15. The Morgan fingerprint density at radius 3 is 2.27 bits per heavy atom. The maximum absolute atomic E-state index is 11.8. The smallest absolute Gasteiger partial charge is 0.412 e. The number of ether oxygens (including phenoxy) is 1. The van der Waals surface area contributed by atoms with Gasteiger partial charge in [0.05, 0.1) is 4.90 Å². The Morgan fingerprint density at radius 1 is 1.05 bits per heavy atom. The molecule has 0 radical (unpaired) electrons. The Labute approximate surface area is 130 Å². The van der Waals surface area contributed by atoms with Gasteiger partial charge in [-0.3, -0.25) is 5.32 Å². The molecule has 0 aromatic heterocycles. The zero-order valence-electron chi connectivity index (χ0n) is 13.0. The molecule has 0 atom stereocenters. The minimum atomic E-state index is -3.27. The summed E-state index contributed by atoms with van der Waals surface area (Å²) in [6.07, 6.45) is 0.614. The number of nitrogens with one attached hydrogen (secondary N) is 1. The molecule has 0 saturated heterocycles. The fourth-order valence-corrected chi connectivity index (χ4v) is 2.61. The van der Waals surface area contributed by atoms with E-state index < -0.39 is 21.5 Å². The van der Waals surface area contributed by atoms with Gasteiger partial charge in [0.2, 0.25) is 0 Å². The first-order valence-electron chi connectivity index (χ1n) is 6.78. The standard InChI is InChI=1S/C16H19NO4S/c1-16(2,3)21-15(18)17-13-7-5-11-6-8-14(22(4,19)20)10-12(11)9-13/h5-10H,1-4H3,(H,17,18). The van der Waals surface area contributed by atoms with Crippen LogP contribution in [0.15, 0.2) is 41.3 Å². The van der Waals surface area contributed by atoms with E-state index in [9.17, 15) is 13.2 Å². The van der Waals surface area contributed by atoms with Gasteiger partial charge in [-0.2, -0.15) is 0 Å². The van der Waals surface area contributed by atoms with Crippen molar-refractivity contribution >= 4 is 32.4 Å². The van der Waals surface area contributed by atoms with Crippen LogP contribution < -0.4 is 5.32 Å². The third-order valence-corrected chi connectivity index (χ3v) is 4.00. The maximum Gasteiger partial charge on any atom is 0.412 e. The van der Waals surface area contributed by atoms with Gasteiger partial charge >= 0.3 is 6.09 Å². The van der Waals surface area contributed by atoms with Crippen molar-refractivity contribution < 1.29 is 17.9 Å². The first kappa shape index (κ1) is 16.3. The monoisotopic (exact) mass is 321 g/mol. The van der Waals surface area contributed by atoms with Crippen LogP contribution in [0.25, 0.3) is 10.8 Å². The van der Waals surface area contributed by atoms with Gasteiger partial charge in [0.1, 0.15) is 5.60 Å². The second-order valence-electron chi connectivity index (χ2n) is 6.12. The highest BCUT2D eigenvalue weighted by molar-refractivity contribution is 7.90. The van der Waals surface area contributed by atoms with Gasteiger partial charge < -0.3 is 4.74 Å². The summed E-state index contributed by atoms with van der Waals surface area (Å²) in [4.78, 5) is 12.0. The first-order valence-corrected chi connectivity index (χ1v) is 8.68. The molecule has 118 valence electrons. The topological polar surface area (TPSA) is 72.5 Å². The van der Waals surface area contributed by atoms with Crippen LogP contribution in [-0.4, -0.2) is 26.4 Å². The van der Waals surface area contributed by atoms with E-state index in [1.165, 1.54) is 0 Å². The highest BCUT2D eigenvalue weighted by Gasteiger charge is 2.16. The second kappa shape index (κ2) is 5.61. The normalized spacial score (nSPS) is 12.2. The zero-order valence-corrected chi connectivity index (χ0v) is 13.8. The molecule has 0 spiro atoms. The summed E-state index contributed by atoms with van der Waals surface area (Å²) in [5, 5.41) is 4.26. The van der Waals surface area contributed by atoms with E-state index in [-0.39, 0.29) is 4.90 Å². The molecule has 0 aliphatic heterocycles. The Balaban J connectivity index is 2.31. The Hall–Kier alpha value is -2.08. The van der Waals surface area contributed by atoms with Crippen LogP contribution in [0.2, 0.25) is 0 Å². The van der Waals surface area contributed by atoms with Crippen LogP contribution in [0.4, 0.5) is 10.5 Å². The van der Waals surface area contributed by atoms with E-state index in [0.717, 1.165) is 17.0 Å². The summed E-state index contributed by atoms with van der Waals surface area (Å²) in [6.45, 7) is 5.35. The van der Waals surface area contributed by atoms with Gasteiger partial charge in [0, 0.05) is 11.9 Å². The number of rotatable bonds is 2. The van der Waals surface area contributed by atoms with Crippen LogP contribution in [0.1, 0.15) is 20.8 Å². The predicted octanol–water partition coefficient (Wildman–Crippen LogP) is 3.59. The number of amides is 1. The molecule has 0 aliphatic rings. The molecule has 2 rings (SSSR count). The fraction of sp³-hybridized carbons (Fsp3) is 0.312. The number of carbonyl (C=O) groups is 1. The van der Waals surface area contributed by atoms with E-state index in [1.54, 1.807) is 51.1 Å². The van der Waals surface area contributed by atoms with E-state index in [1.807, 2.05) is 6.07 Å². The largest absolute Gasteiger partial charge is 0.444 e. The summed E-state index contributed by atoms with van der Waals surface area (Å²) in [5.41, 5.74) is -0.0305. The first-order chi connectivity index (χ1) is 10.0. The van der Waals surface area contributed by atoms with Crippen LogP contribution >= 0.6 is 0 Å². The summed E-state index contributed by atoms with van der Waals surface area (Å²) in [7, 11) is -3.27. The fourth-order valence-electron chi connectivity index (χ4n) is 1.95. The van der Waals surface area contributed by atoms with Gasteiger partial charge in [0.15, 0.2) is 9.84 Å². The summed E-state index contributed by atoms with van der Waals surface area (Å²) >= 11 is 0. The molecule has 1 amide bonds. The summed E-state index contributed by atoms with van der Waals surface area (Å²) < 4.78 is 28.4. The zero-order chi connectivity index (χ0) is 16.5. The third kappa shape index (κ3) is 4.21. The highest BCUT2D eigenvalue weighted by atomic mass is 32.2. The van der Waals surface area contributed by atoms with E-state index in [4.69, 9.17) is 4.74 Å². The van der Waals surface area contributed by atoms with Crippen molar-refractivity contribution in [1.29, 1.82) is 0 Å². The average molecular weight is 321 g/mol. The van der Waals surface area contributed by atoms with E-state index in [0.29, 0.717) is 5.69 Å². The summed E-state index contributed by atoms with van der Waals surface area (Å²) in [5.74, 6) is 0. The molecule has 2 aromatic rings. The van der Waals surface area contributed by atoms with Crippen LogP contribution in [0, 0.1) is 0 Å². The molecule has 0 saturated carbocycles. The summed E-state index contributed by atoms with van der Waals surface area (Å²) in [6, 6.07) is 10.2. The van der Waals surface area contributed by atoms with Crippen molar-refractivity contribution in [2.45, 2.75) is 31.3 Å². The lowest BCUT2D eigenvalue weighted by Gasteiger charge is -2.19. The minimum Gasteiger partial charge on any atom is -0.444 e. The molecule has 0 unspecified atom stereocenters. The molecule has 0 aliphatic carbocycles. The lowest BCUT2D eigenvalue weighted by atomic mass is 10.1. The lowest BCUT2D eigenvalue weighted by Crippen LogP contribution is -2.27.